The monoisotopic (exact) mass is 282 g/mol. The number of ether oxygens (including phenoxy) is 1. The molecule has 1 saturated heterocycles. The van der Waals surface area contributed by atoms with Crippen molar-refractivity contribution < 1.29 is 27.5 Å². The van der Waals surface area contributed by atoms with Crippen LogP contribution in [0.2, 0.25) is 0 Å². The smallest absolute Gasteiger partial charge is 0.407 e. The molecule has 0 aliphatic carbocycles. The Bertz CT molecular complexity index is 347. The lowest BCUT2D eigenvalue weighted by molar-refractivity contribution is -0.152. The molecule has 19 heavy (non-hydrogen) atoms. The molecule has 110 valence electrons. The van der Waals surface area contributed by atoms with E-state index < -0.39 is 30.7 Å². The average Bonchev–Trinajstić information content (AvgIpc) is 2.25. The SMILES string of the molecule is COC(=O)NC1CC(CC(F)(F)F)CN(C(C)=O)C1. The van der Waals surface area contributed by atoms with E-state index >= 15 is 0 Å². The molecule has 0 saturated carbocycles. The molecule has 1 aliphatic rings. The number of nitrogens with one attached hydrogen (secondary N) is 1. The fourth-order valence-corrected chi connectivity index (χ4v) is 2.27. The maximum Gasteiger partial charge on any atom is 0.407 e. The van der Waals surface area contributed by atoms with Crippen molar-refractivity contribution in [3.8, 4) is 0 Å². The van der Waals surface area contributed by atoms with Crippen LogP contribution in [-0.2, 0) is 9.53 Å². The number of nitrogens with zero attached hydrogens (tertiary/aromatic N) is 1. The fourth-order valence-electron chi connectivity index (χ4n) is 2.27. The number of alkyl halides is 3. The van der Waals surface area contributed by atoms with Gasteiger partial charge in [-0.2, -0.15) is 13.2 Å². The van der Waals surface area contributed by atoms with E-state index in [-0.39, 0.29) is 25.4 Å². The van der Waals surface area contributed by atoms with E-state index in [9.17, 15) is 22.8 Å². The third-order valence-electron chi connectivity index (χ3n) is 3.01. The molecule has 2 unspecified atom stereocenters. The molecule has 0 aromatic carbocycles. The molecule has 1 fully saturated rings. The van der Waals surface area contributed by atoms with Gasteiger partial charge in [0.2, 0.25) is 5.91 Å². The van der Waals surface area contributed by atoms with E-state index in [0.29, 0.717) is 0 Å². The molecule has 1 rings (SSSR count). The normalized spacial score (nSPS) is 23.9. The van der Waals surface area contributed by atoms with Gasteiger partial charge >= 0.3 is 12.3 Å². The van der Waals surface area contributed by atoms with E-state index in [0.717, 1.165) is 0 Å². The van der Waals surface area contributed by atoms with E-state index in [1.54, 1.807) is 0 Å². The quantitative estimate of drug-likeness (QED) is 0.835. The summed E-state index contributed by atoms with van der Waals surface area (Å²) in [5, 5.41) is 2.45. The second-order valence-corrected chi connectivity index (χ2v) is 4.68. The molecule has 1 N–H and O–H groups in total. The van der Waals surface area contributed by atoms with Crippen molar-refractivity contribution in [1.82, 2.24) is 10.2 Å². The molecule has 1 aliphatic heterocycles. The second-order valence-electron chi connectivity index (χ2n) is 4.68. The van der Waals surface area contributed by atoms with Crippen LogP contribution in [0.4, 0.5) is 18.0 Å². The van der Waals surface area contributed by atoms with Crippen molar-refractivity contribution in [3.05, 3.63) is 0 Å². The lowest BCUT2D eigenvalue weighted by Gasteiger charge is -2.37. The van der Waals surface area contributed by atoms with Crippen molar-refractivity contribution in [2.75, 3.05) is 20.2 Å². The van der Waals surface area contributed by atoms with Gasteiger partial charge in [0.05, 0.1) is 13.2 Å². The van der Waals surface area contributed by atoms with Crippen LogP contribution in [-0.4, -0.2) is 49.3 Å². The van der Waals surface area contributed by atoms with Gasteiger partial charge in [-0.3, -0.25) is 4.79 Å². The van der Waals surface area contributed by atoms with Crippen molar-refractivity contribution >= 4 is 12.0 Å². The minimum absolute atomic E-state index is 0.0637. The Hall–Kier alpha value is -1.47. The maximum atomic E-state index is 12.4. The van der Waals surface area contributed by atoms with Crippen LogP contribution in [0.1, 0.15) is 19.8 Å². The number of amides is 2. The number of carbonyl (C=O) groups is 2. The molecule has 1 heterocycles. The number of rotatable bonds is 2. The topological polar surface area (TPSA) is 58.6 Å². The predicted molar refractivity (Wildman–Crippen MR) is 60.4 cm³/mol. The lowest BCUT2D eigenvalue weighted by Crippen LogP contribution is -2.52. The molecular formula is C11H17F3N2O3. The van der Waals surface area contributed by atoms with Gasteiger partial charge in [0, 0.05) is 26.4 Å². The number of alkyl carbamates (subject to hydrolysis) is 1. The summed E-state index contributed by atoms with van der Waals surface area (Å²) >= 11 is 0. The molecule has 5 nitrogen and oxygen atoms in total. The Balaban J connectivity index is 2.68. The first-order valence-electron chi connectivity index (χ1n) is 5.88. The lowest BCUT2D eigenvalue weighted by atomic mass is 9.91. The standard InChI is InChI=1S/C11H17F3N2O3/c1-7(17)16-5-8(4-11(12,13)14)3-9(6-16)15-10(18)19-2/h8-9H,3-6H2,1-2H3,(H,15,18). The fraction of sp³-hybridized carbons (Fsp3) is 0.818. The van der Waals surface area contributed by atoms with Gasteiger partial charge in [0.1, 0.15) is 0 Å². The van der Waals surface area contributed by atoms with Gasteiger partial charge in [0.15, 0.2) is 0 Å². The summed E-state index contributed by atoms with van der Waals surface area (Å²) in [4.78, 5) is 23.7. The Morgan fingerprint density at radius 3 is 2.47 bits per heavy atom. The molecule has 8 heteroatoms. The molecule has 0 radical (unpaired) electrons. The molecule has 0 aromatic heterocycles. The molecule has 0 bridgehead atoms. The van der Waals surface area contributed by atoms with E-state index in [1.807, 2.05) is 0 Å². The third-order valence-corrected chi connectivity index (χ3v) is 3.01. The Morgan fingerprint density at radius 1 is 1.37 bits per heavy atom. The van der Waals surface area contributed by atoms with E-state index in [1.165, 1.54) is 18.9 Å². The maximum absolute atomic E-state index is 12.4. The van der Waals surface area contributed by atoms with Crippen LogP contribution in [0.5, 0.6) is 0 Å². The molecule has 2 amide bonds. The summed E-state index contributed by atoms with van der Waals surface area (Å²) in [5.74, 6) is -1.01. The summed E-state index contributed by atoms with van der Waals surface area (Å²) in [7, 11) is 1.17. The third kappa shape index (κ3) is 5.35. The number of likely N-dealkylation sites (tertiary alicyclic amines) is 1. The van der Waals surface area contributed by atoms with Crippen LogP contribution in [0.3, 0.4) is 0 Å². The Labute approximate surface area is 109 Å². The van der Waals surface area contributed by atoms with Crippen molar-refractivity contribution in [2.24, 2.45) is 5.92 Å². The van der Waals surface area contributed by atoms with E-state index in [2.05, 4.69) is 10.1 Å². The Morgan fingerprint density at radius 2 is 2.00 bits per heavy atom. The van der Waals surface area contributed by atoms with Gasteiger partial charge in [-0.25, -0.2) is 4.79 Å². The van der Waals surface area contributed by atoms with Gasteiger partial charge < -0.3 is 15.0 Å². The number of carbonyl (C=O) groups excluding carboxylic acids is 2. The largest absolute Gasteiger partial charge is 0.453 e. The average molecular weight is 282 g/mol. The van der Waals surface area contributed by atoms with E-state index in [4.69, 9.17) is 0 Å². The zero-order valence-corrected chi connectivity index (χ0v) is 10.8. The number of hydrogen-bond acceptors (Lipinski definition) is 3. The van der Waals surface area contributed by atoms with Crippen molar-refractivity contribution in [2.45, 2.75) is 32.0 Å². The summed E-state index contributed by atoms with van der Waals surface area (Å²) in [5.41, 5.74) is 0. The first kappa shape index (κ1) is 15.6. The highest BCUT2D eigenvalue weighted by Crippen LogP contribution is 2.30. The van der Waals surface area contributed by atoms with Crippen LogP contribution >= 0.6 is 0 Å². The van der Waals surface area contributed by atoms with Crippen LogP contribution in [0.15, 0.2) is 0 Å². The summed E-state index contributed by atoms with van der Waals surface area (Å²) in [6.07, 6.45) is -5.77. The zero-order valence-electron chi connectivity index (χ0n) is 10.8. The van der Waals surface area contributed by atoms with Crippen molar-refractivity contribution in [3.63, 3.8) is 0 Å². The van der Waals surface area contributed by atoms with Crippen LogP contribution < -0.4 is 5.32 Å². The van der Waals surface area contributed by atoms with Gasteiger partial charge in [-0.05, 0) is 12.3 Å². The molecule has 2 atom stereocenters. The summed E-state index contributed by atoms with van der Waals surface area (Å²) in [6.45, 7) is 1.57. The van der Waals surface area contributed by atoms with Crippen LogP contribution in [0.25, 0.3) is 0 Å². The Kier molecular flexibility index (Phi) is 5.02. The zero-order chi connectivity index (χ0) is 14.6. The predicted octanol–water partition coefficient (Wildman–Crippen LogP) is 1.53. The number of hydrogen-bond donors (Lipinski definition) is 1. The summed E-state index contributed by atoms with van der Waals surface area (Å²) in [6, 6.07) is -0.516. The van der Waals surface area contributed by atoms with Crippen molar-refractivity contribution in [1.29, 1.82) is 0 Å². The number of methoxy groups -OCH3 is 1. The number of piperidine rings is 1. The molecule has 0 spiro atoms. The molecule has 0 aromatic rings. The molecular weight excluding hydrogens is 265 g/mol. The minimum atomic E-state index is -4.28. The highest BCUT2D eigenvalue weighted by molar-refractivity contribution is 5.73. The van der Waals surface area contributed by atoms with Crippen LogP contribution in [0, 0.1) is 5.92 Å². The second kappa shape index (κ2) is 6.12. The van der Waals surface area contributed by atoms with Gasteiger partial charge in [-0.15, -0.1) is 0 Å². The summed E-state index contributed by atoms with van der Waals surface area (Å²) < 4.78 is 41.6. The number of halogens is 3. The first-order chi connectivity index (χ1) is 8.71. The minimum Gasteiger partial charge on any atom is -0.453 e. The van der Waals surface area contributed by atoms with Gasteiger partial charge in [-0.1, -0.05) is 0 Å². The first-order valence-corrected chi connectivity index (χ1v) is 5.88. The highest BCUT2D eigenvalue weighted by Gasteiger charge is 2.37. The highest BCUT2D eigenvalue weighted by atomic mass is 19.4. The van der Waals surface area contributed by atoms with Gasteiger partial charge in [0.25, 0.3) is 0 Å².